The lowest BCUT2D eigenvalue weighted by molar-refractivity contribution is -0.119. The fraction of sp³-hybridized carbons (Fsp3) is 0.464. The minimum atomic E-state index is -0.261. The average Bonchev–Trinajstić information content (AvgIpc) is 3.63. The zero-order valence-corrected chi connectivity index (χ0v) is 22.5. The third kappa shape index (κ3) is 5.94. The second kappa shape index (κ2) is 11.9. The molecule has 39 heavy (non-hydrogen) atoms. The van der Waals surface area contributed by atoms with Gasteiger partial charge in [-0.05, 0) is 49.4 Å². The first-order valence-electron chi connectivity index (χ1n) is 13.6. The fourth-order valence-electron chi connectivity index (χ4n) is 5.04. The largest absolute Gasteiger partial charge is 0.381 e. The molecule has 2 aromatic heterocycles. The number of anilines is 3. The van der Waals surface area contributed by atoms with E-state index in [9.17, 15) is 9.59 Å². The highest BCUT2D eigenvalue weighted by Crippen LogP contribution is 2.26. The molecule has 1 aromatic carbocycles. The Morgan fingerprint density at radius 3 is 2.77 bits per heavy atom. The van der Waals surface area contributed by atoms with Crippen LogP contribution < -0.4 is 21.3 Å². The molecule has 0 saturated carbocycles. The van der Waals surface area contributed by atoms with Gasteiger partial charge in [0.15, 0.2) is 11.4 Å². The molecule has 4 heterocycles. The molecule has 1 atom stereocenters. The first-order valence-corrected chi connectivity index (χ1v) is 13.6. The number of benzene rings is 1. The van der Waals surface area contributed by atoms with Crippen LogP contribution in [0.1, 0.15) is 60.5 Å². The average molecular weight is 533 g/mol. The first kappa shape index (κ1) is 26.8. The summed E-state index contributed by atoms with van der Waals surface area (Å²) in [5.74, 6) is 0.779. The second-order valence-corrected chi connectivity index (χ2v) is 10.3. The van der Waals surface area contributed by atoms with Gasteiger partial charge in [0.25, 0.3) is 0 Å². The summed E-state index contributed by atoms with van der Waals surface area (Å²) in [6, 6.07) is 5.67. The maximum absolute atomic E-state index is 13.0. The molecule has 5 rings (SSSR count). The number of hydrogen-bond donors (Lipinski definition) is 4. The van der Waals surface area contributed by atoms with Gasteiger partial charge >= 0.3 is 0 Å². The van der Waals surface area contributed by atoms with Crippen LogP contribution in [0, 0.1) is 5.92 Å². The molecule has 0 spiro atoms. The highest BCUT2D eigenvalue weighted by molar-refractivity contribution is 6.11. The summed E-state index contributed by atoms with van der Waals surface area (Å²) in [5, 5.41) is 17.5. The zero-order valence-electron chi connectivity index (χ0n) is 22.5. The van der Waals surface area contributed by atoms with Crippen LogP contribution in [-0.4, -0.2) is 63.6 Å². The normalized spacial score (nSPS) is 17.9. The highest BCUT2D eigenvalue weighted by atomic mass is 16.5. The van der Waals surface area contributed by atoms with E-state index in [-0.39, 0.29) is 36.1 Å². The van der Waals surface area contributed by atoms with Crippen molar-refractivity contribution < 1.29 is 14.3 Å². The van der Waals surface area contributed by atoms with Gasteiger partial charge in [-0.1, -0.05) is 32.6 Å². The summed E-state index contributed by atoms with van der Waals surface area (Å²) in [7, 11) is 0. The highest BCUT2D eigenvalue weighted by Gasteiger charge is 2.25. The van der Waals surface area contributed by atoms with Gasteiger partial charge in [-0.2, -0.15) is 19.6 Å². The molecule has 2 aliphatic heterocycles. The van der Waals surface area contributed by atoms with Gasteiger partial charge in [0, 0.05) is 37.9 Å². The Bertz CT molecular complexity index is 1360. The fourth-order valence-corrected chi connectivity index (χ4v) is 5.04. The smallest absolute Gasteiger partial charge is 0.229 e. The summed E-state index contributed by atoms with van der Waals surface area (Å²) in [5.41, 5.74) is 3.35. The molecule has 2 saturated heterocycles. The van der Waals surface area contributed by atoms with Gasteiger partial charge in [0.2, 0.25) is 17.8 Å². The topological polar surface area (TPSA) is 135 Å². The molecule has 4 N–H and O–H groups in total. The maximum atomic E-state index is 13.0. The van der Waals surface area contributed by atoms with E-state index in [0.717, 1.165) is 37.0 Å². The molecule has 0 radical (unpaired) electrons. The van der Waals surface area contributed by atoms with E-state index >= 15 is 0 Å². The van der Waals surface area contributed by atoms with Gasteiger partial charge in [0.1, 0.15) is 0 Å². The molecule has 11 heteroatoms. The second-order valence-electron chi connectivity index (χ2n) is 10.3. The number of fused-ring (bicyclic) bond motifs is 1. The lowest BCUT2D eigenvalue weighted by Crippen LogP contribution is -2.29. The van der Waals surface area contributed by atoms with Crippen LogP contribution in [0.25, 0.3) is 5.65 Å². The molecule has 206 valence electrons. The van der Waals surface area contributed by atoms with E-state index in [1.807, 2.05) is 18.3 Å². The standard InChI is InChI=1S/C28H36N8O3/c1-4-23(37)24-18(6-5-7-22(24)33-26(38)19-8-11-29-14-19)15-30-28-35-27(32-20-9-12-39-13-10-20)34-25-21(17(2)3)16-31-36(25)28/h4-7,16-17,19-20,29H,1,8-15H2,2-3H3,(H,33,38)(H2,30,32,34,35). The van der Waals surface area contributed by atoms with Crippen LogP contribution >= 0.6 is 0 Å². The Morgan fingerprint density at radius 1 is 1.23 bits per heavy atom. The predicted octanol–water partition coefficient (Wildman–Crippen LogP) is 3.37. The predicted molar refractivity (Wildman–Crippen MR) is 150 cm³/mol. The molecule has 0 bridgehead atoms. The van der Waals surface area contributed by atoms with Crippen molar-refractivity contribution in [1.82, 2.24) is 24.9 Å². The number of nitrogens with zero attached hydrogens (tertiary/aromatic N) is 4. The van der Waals surface area contributed by atoms with E-state index in [1.165, 1.54) is 6.08 Å². The molecule has 11 nitrogen and oxygen atoms in total. The molecule has 0 aliphatic carbocycles. The number of amides is 1. The molecular weight excluding hydrogens is 496 g/mol. The van der Waals surface area contributed by atoms with E-state index < -0.39 is 0 Å². The van der Waals surface area contributed by atoms with E-state index in [2.05, 4.69) is 46.8 Å². The first-order chi connectivity index (χ1) is 18.9. The van der Waals surface area contributed by atoms with Crippen molar-refractivity contribution in [1.29, 1.82) is 0 Å². The van der Waals surface area contributed by atoms with Crippen molar-refractivity contribution in [3.63, 3.8) is 0 Å². The molecule has 1 unspecified atom stereocenters. The summed E-state index contributed by atoms with van der Waals surface area (Å²) in [6.45, 7) is 11.0. The number of hydrogen-bond acceptors (Lipinski definition) is 9. The van der Waals surface area contributed by atoms with Gasteiger partial charge < -0.3 is 26.0 Å². The number of allylic oxidation sites excluding steroid dienone is 1. The number of carbonyl (C=O) groups excluding carboxylic acids is 2. The Morgan fingerprint density at radius 2 is 2.05 bits per heavy atom. The summed E-state index contributed by atoms with van der Waals surface area (Å²) in [6.07, 6.45) is 5.63. The van der Waals surface area contributed by atoms with Crippen LogP contribution in [0.5, 0.6) is 0 Å². The minimum absolute atomic E-state index is 0.0951. The number of aromatic nitrogens is 4. The van der Waals surface area contributed by atoms with Crippen LogP contribution in [0.2, 0.25) is 0 Å². The summed E-state index contributed by atoms with van der Waals surface area (Å²) >= 11 is 0. The minimum Gasteiger partial charge on any atom is -0.381 e. The monoisotopic (exact) mass is 532 g/mol. The Hall–Kier alpha value is -3.83. The number of ether oxygens (including phenoxy) is 1. The van der Waals surface area contributed by atoms with E-state index in [1.54, 1.807) is 10.6 Å². The van der Waals surface area contributed by atoms with Gasteiger partial charge in [0.05, 0.1) is 23.4 Å². The summed E-state index contributed by atoms with van der Waals surface area (Å²) < 4.78 is 7.18. The number of rotatable bonds is 10. The van der Waals surface area contributed by atoms with Crippen LogP contribution in [-0.2, 0) is 16.1 Å². The molecular formula is C28H36N8O3. The lowest BCUT2D eigenvalue weighted by Gasteiger charge is -2.23. The van der Waals surface area contributed by atoms with Crippen molar-refractivity contribution in [3.8, 4) is 0 Å². The van der Waals surface area contributed by atoms with E-state index in [4.69, 9.17) is 14.7 Å². The van der Waals surface area contributed by atoms with Crippen LogP contribution in [0.15, 0.2) is 37.1 Å². The molecule has 3 aromatic rings. The molecule has 2 aliphatic rings. The maximum Gasteiger partial charge on any atom is 0.229 e. The summed E-state index contributed by atoms with van der Waals surface area (Å²) in [4.78, 5) is 35.3. The Labute approximate surface area is 227 Å². The van der Waals surface area contributed by atoms with Crippen LogP contribution in [0.3, 0.4) is 0 Å². The van der Waals surface area contributed by atoms with Crippen molar-refractivity contribution in [2.24, 2.45) is 5.92 Å². The van der Waals surface area contributed by atoms with Crippen LogP contribution in [0.4, 0.5) is 17.6 Å². The van der Waals surface area contributed by atoms with Crippen molar-refractivity contribution in [2.75, 3.05) is 42.3 Å². The van der Waals surface area contributed by atoms with Crippen molar-refractivity contribution in [3.05, 3.63) is 53.7 Å². The van der Waals surface area contributed by atoms with Gasteiger partial charge in [-0.15, -0.1) is 0 Å². The SMILES string of the molecule is C=CC(=O)c1c(CNc2nc(NC3CCOCC3)nc3c(C(C)C)cnn23)cccc1NC(=O)C1CCNC1. The Kier molecular flexibility index (Phi) is 8.18. The molecule has 1 amide bonds. The third-order valence-electron chi connectivity index (χ3n) is 7.28. The number of nitrogens with one attached hydrogen (secondary N) is 4. The lowest BCUT2D eigenvalue weighted by atomic mass is 10.00. The number of ketones is 1. The van der Waals surface area contributed by atoms with Gasteiger partial charge in [-0.25, -0.2) is 0 Å². The number of carbonyl (C=O) groups is 2. The van der Waals surface area contributed by atoms with Crippen molar-refractivity contribution in [2.45, 2.75) is 51.6 Å². The molecule has 2 fully saturated rings. The van der Waals surface area contributed by atoms with Crippen molar-refractivity contribution >= 4 is 34.9 Å². The quantitative estimate of drug-likeness (QED) is 0.229. The van der Waals surface area contributed by atoms with E-state index in [0.29, 0.717) is 48.5 Å². The Balaban J connectivity index is 1.44. The zero-order chi connectivity index (χ0) is 27.4. The third-order valence-corrected chi connectivity index (χ3v) is 7.28. The van der Waals surface area contributed by atoms with Gasteiger partial charge in [-0.3, -0.25) is 9.59 Å².